The number of carboxylic acid groups (broad SMARTS) is 1. The van der Waals surface area contributed by atoms with E-state index < -0.39 is 11.5 Å². The lowest BCUT2D eigenvalue weighted by Crippen LogP contribution is -2.61. The third-order valence-corrected chi connectivity index (χ3v) is 4.82. The Bertz CT molecular complexity index is 285. The van der Waals surface area contributed by atoms with Gasteiger partial charge >= 0.3 is 5.97 Å². The first-order chi connectivity index (χ1) is 7.20. The van der Waals surface area contributed by atoms with Crippen LogP contribution in [0, 0.1) is 11.8 Å². The molecule has 84 valence electrons. The smallest absolute Gasteiger partial charge is 0.323 e. The van der Waals surface area contributed by atoms with Crippen molar-refractivity contribution in [1.82, 2.24) is 5.32 Å². The highest BCUT2D eigenvalue weighted by molar-refractivity contribution is 5.80. The van der Waals surface area contributed by atoms with E-state index in [9.17, 15) is 9.90 Å². The van der Waals surface area contributed by atoms with Crippen LogP contribution in [0.5, 0.6) is 0 Å². The van der Waals surface area contributed by atoms with Crippen molar-refractivity contribution >= 4 is 5.97 Å². The standard InChI is InChI=1S/C12H19NO2/c14-11(15)12(4-1-5-12)13-10-7-8-2-3-9(10)6-8/h8-10,13H,1-7H2,(H,14,15). The van der Waals surface area contributed by atoms with E-state index in [-0.39, 0.29) is 0 Å². The average molecular weight is 209 g/mol. The summed E-state index contributed by atoms with van der Waals surface area (Å²) < 4.78 is 0. The Balaban J connectivity index is 1.67. The van der Waals surface area contributed by atoms with Crippen LogP contribution in [0.2, 0.25) is 0 Å². The van der Waals surface area contributed by atoms with Crippen LogP contribution in [0.4, 0.5) is 0 Å². The lowest BCUT2D eigenvalue weighted by atomic mass is 9.75. The van der Waals surface area contributed by atoms with E-state index in [1.165, 1.54) is 25.7 Å². The van der Waals surface area contributed by atoms with Gasteiger partial charge in [-0.15, -0.1) is 0 Å². The topological polar surface area (TPSA) is 49.3 Å². The predicted octanol–water partition coefficient (Wildman–Crippen LogP) is 1.77. The highest BCUT2D eigenvalue weighted by atomic mass is 16.4. The van der Waals surface area contributed by atoms with Crippen LogP contribution in [0.15, 0.2) is 0 Å². The molecule has 3 heteroatoms. The summed E-state index contributed by atoms with van der Waals surface area (Å²) in [6, 6.07) is 0.500. The van der Waals surface area contributed by atoms with Gasteiger partial charge in [-0.3, -0.25) is 10.1 Å². The first-order valence-electron chi connectivity index (χ1n) is 6.21. The maximum atomic E-state index is 11.2. The summed E-state index contributed by atoms with van der Waals surface area (Å²) in [6.07, 6.45) is 7.99. The molecule has 0 aromatic carbocycles. The van der Waals surface area contributed by atoms with Crippen molar-refractivity contribution in [1.29, 1.82) is 0 Å². The second-order valence-corrected chi connectivity index (χ2v) is 5.67. The molecule has 0 radical (unpaired) electrons. The number of nitrogens with one attached hydrogen (secondary N) is 1. The van der Waals surface area contributed by atoms with Gasteiger partial charge in [0.15, 0.2) is 0 Å². The maximum absolute atomic E-state index is 11.2. The Labute approximate surface area is 90.2 Å². The molecule has 2 N–H and O–H groups in total. The van der Waals surface area contributed by atoms with Crippen molar-refractivity contribution in [2.24, 2.45) is 11.8 Å². The van der Waals surface area contributed by atoms with Crippen molar-refractivity contribution < 1.29 is 9.90 Å². The van der Waals surface area contributed by atoms with Gasteiger partial charge in [0.25, 0.3) is 0 Å². The SMILES string of the molecule is O=C(O)C1(NC2CC3CCC2C3)CCC1. The molecule has 3 aliphatic carbocycles. The molecule has 3 saturated carbocycles. The second-order valence-electron chi connectivity index (χ2n) is 5.67. The van der Waals surface area contributed by atoms with Gasteiger partial charge in [0, 0.05) is 6.04 Å². The maximum Gasteiger partial charge on any atom is 0.323 e. The fourth-order valence-electron chi connectivity index (χ4n) is 3.73. The molecule has 3 rings (SSSR count). The Morgan fingerprint density at radius 1 is 1.27 bits per heavy atom. The third-order valence-electron chi connectivity index (χ3n) is 4.82. The molecule has 0 aromatic rings. The molecule has 2 bridgehead atoms. The number of aliphatic carboxylic acids is 1. The van der Waals surface area contributed by atoms with Gasteiger partial charge in [0.1, 0.15) is 5.54 Å². The normalized spacial score (nSPS) is 41.5. The van der Waals surface area contributed by atoms with Crippen LogP contribution >= 0.6 is 0 Å². The van der Waals surface area contributed by atoms with Crippen molar-refractivity contribution in [3.8, 4) is 0 Å². The molecule has 0 spiro atoms. The van der Waals surface area contributed by atoms with Gasteiger partial charge in [0.2, 0.25) is 0 Å². The van der Waals surface area contributed by atoms with Crippen molar-refractivity contribution in [2.45, 2.75) is 56.5 Å². The third kappa shape index (κ3) is 1.40. The molecule has 0 heterocycles. The van der Waals surface area contributed by atoms with Gasteiger partial charge in [-0.25, -0.2) is 0 Å². The summed E-state index contributed by atoms with van der Waals surface area (Å²) in [4.78, 5) is 11.2. The molecular formula is C12H19NO2. The predicted molar refractivity (Wildman–Crippen MR) is 56.6 cm³/mol. The number of rotatable bonds is 3. The zero-order valence-corrected chi connectivity index (χ0v) is 9.04. The molecule has 0 saturated heterocycles. The minimum absolute atomic E-state index is 0.500. The molecule has 3 aliphatic rings. The fraction of sp³-hybridized carbons (Fsp3) is 0.917. The Kier molecular flexibility index (Phi) is 2.06. The fourth-order valence-corrected chi connectivity index (χ4v) is 3.73. The van der Waals surface area contributed by atoms with Crippen LogP contribution in [0.25, 0.3) is 0 Å². The lowest BCUT2D eigenvalue weighted by molar-refractivity contribution is -0.149. The van der Waals surface area contributed by atoms with Crippen LogP contribution < -0.4 is 5.32 Å². The molecule has 3 nitrogen and oxygen atoms in total. The molecule has 0 aliphatic heterocycles. The Morgan fingerprint density at radius 3 is 2.47 bits per heavy atom. The number of hydrogen-bond donors (Lipinski definition) is 2. The van der Waals surface area contributed by atoms with E-state index in [0.29, 0.717) is 6.04 Å². The van der Waals surface area contributed by atoms with Crippen LogP contribution in [-0.4, -0.2) is 22.7 Å². The molecule has 0 amide bonds. The van der Waals surface area contributed by atoms with E-state index in [2.05, 4.69) is 5.32 Å². The summed E-state index contributed by atoms with van der Waals surface area (Å²) in [6.45, 7) is 0. The van der Waals surface area contributed by atoms with Gasteiger partial charge in [-0.05, 0) is 50.4 Å². The number of fused-ring (bicyclic) bond motifs is 2. The zero-order valence-electron chi connectivity index (χ0n) is 9.04. The summed E-state index contributed by atoms with van der Waals surface area (Å²) in [5, 5.41) is 12.7. The van der Waals surface area contributed by atoms with Crippen LogP contribution in [-0.2, 0) is 4.79 Å². The monoisotopic (exact) mass is 209 g/mol. The number of carboxylic acids is 1. The minimum Gasteiger partial charge on any atom is -0.480 e. The molecular weight excluding hydrogens is 190 g/mol. The number of hydrogen-bond acceptors (Lipinski definition) is 2. The molecule has 3 fully saturated rings. The molecule has 15 heavy (non-hydrogen) atoms. The van der Waals surface area contributed by atoms with E-state index in [1.54, 1.807) is 0 Å². The first-order valence-corrected chi connectivity index (χ1v) is 6.21. The van der Waals surface area contributed by atoms with Crippen molar-refractivity contribution in [2.75, 3.05) is 0 Å². The largest absolute Gasteiger partial charge is 0.480 e. The quantitative estimate of drug-likeness (QED) is 0.744. The van der Waals surface area contributed by atoms with Gasteiger partial charge < -0.3 is 5.11 Å². The second kappa shape index (κ2) is 3.21. The van der Waals surface area contributed by atoms with E-state index in [0.717, 1.165) is 31.1 Å². The van der Waals surface area contributed by atoms with E-state index >= 15 is 0 Å². The summed E-state index contributed by atoms with van der Waals surface area (Å²) >= 11 is 0. The van der Waals surface area contributed by atoms with Gasteiger partial charge in [-0.2, -0.15) is 0 Å². The lowest BCUT2D eigenvalue weighted by Gasteiger charge is -2.42. The molecule has 3 atom stereocenters. The zero-order chi connectivity index (χ0) is 10.5. The van der Waals surface area contributed by atoms with E-state index in [1.807, 2.05) is 0 Å². The van der Waals surface area contributed by atoms with Crippen LogP contribution in [0.1, 0.15) is 44.9 Å². The van der Waals surface area contributed by atoms with E-state index in [4.69, 9.17) is 0 Å². The average Bonchev–Trinajstić information content (AvgIpc) is 2.71. The highest BCUT2D eigenvalue weighted by Gasteiger charge is 2.49. The minimum atomic E-state index is -0.628. The van der Waals surface area contributed by atoms with Crippen LogP contribution in [0.3, 0.4) is 0 Å². The Hall–Kier alpha value is -0.570. The highest BCUT2D eigenvalue weighted by Crippen LogP contribution is 2.46. The summed E-state index contributed by atoms with van der Waals surface area (Å²) in [7, 11) is 0. The van der Waals surface area contributed by atoms with Gasteiger partial charge in [0.05, 0.1) is 0 Å². The van der Waals surface area contributed by atoms with Crippen molar-refractivity contribution in [3.63, 3.8) is 0 Å². The molecule has 0 aromatic heterocycles. The van der Waals surface area contributed by atoms with Crippen molar-refractivity contribution in [3.05, 3.63) is 0 Å². The first kappa shape index (κ1) is 9.64. The summed E-state index contributed by atoms with van der Waals surface area (Å²) in [5.74, 6) is 1.03. The van der Waals surface area contributed by atoms with Gasteiger partial charge in [-0.1, -0.05) is 6.42 Å². The number of carbonyl (C=O) groups is 1. The summed E-state index contributed by atoms with van der Waals surface area (Å²) in [5.41, 5.74) is -0.546. The molecule has 3 unspecified atom stereocenters. The Morgan fingerprint density at radius 2 is 2.07 bits per heavy atom.